The summed E-state index contributed by atoms with van der Waals surface area (Å²) in [6.07, 6.45) is 0.863. The predicted octanol–water partition coefficient (Wildman–Crippen LogP) is 1.39. The summed E-state index contributed by atoms with van der Waals surface area (Å²) < 4.78 is -0.663. The molecule has 1 aromatic rings. The zero-order chi connectivity index (χ0) is 9.31. The van der Waals surface area contributed by atoms with Crippen LogP contribution < -0.4 is 0 Å². The number of hydroxylamine groups is 3. The van der Waals surface area contributed by atoms with Gasteiger partial charge in [-0.25, -0.2) is 4.79 Å². The van der Waals surface area contributed by atoms with Crippen LogP contribution >= 0.6 is 0 Å². The van der Waals surface area contributed by atoms with E-state index in [9.17, 15) is 10.0 Å². The van der Waals surface area contributed by atoms with Gasteiger partial charge in [0.1, 0.15) is 13.1 Å². The van der Waals surface area contributed by atoms with Crippen LogP contribution in [0.15, 0.2) is 30.3 Å². The van der Waals surface area contributed by atoms with Crippen LogP contribution in [0.2, 0.25) is 0 Å². The van der Waals surface area contributed by atoms with E-state index in [0.717, 1.165) is 6.42 Å². The Kier molecular flexibility index (Phi) is 1.90. The fourth-order valence-electron chi connectivity index (χ4n) is 1.46. The molecule has 0 spiro atoms. The summed E-state index contributed by atoms with van der Waals surface area (Å²) >= 11 is 0. The molecule has 1 radical (unpaired) electrons. The molecule has 0 atom stereocenters. The summed E-state index contributed by atoms with van der Waals surface area (Å²) in [5.74, 6) is -0.299. The first-order chi connectivity index (χ1) is 6.22. The molecule has 3 heteroatoms. The number of amides is 1. The Morgan fingerprint density at radius 3 is 2.23 bits per heavy atom. The molecule has 0 aromatic heterocycles. The number of rotatable bonds is 1. The van der Waals surface area contributed by atoms with E-state index in [2.05, 4.69) is 0 Å². The maximum atomic E-state index is 11.6. The van der Waals surface area contributed by atoms with Gasteiger partial charge in [0.05, 0.1) is 12.0 Å². The molecule has 0 saturated carbocycles. The van der Waals surface area contributed by atoms with Gasteiger partial charge in [-0.1, -0.05) is 22.8 Å². The molecule has 2 rings (SSSR count). The minimum atomic E-state index is -0.663. The van der Waals surface area contributed by atoms with Crippen LogP contribution in [0.25, 0.3) is 0 Å². The molecule has 1 saturated heterocycles. The van der Waals surface area contributed by atoms with Gasteiger partial charge in [-0.15, -0.1) is 0 Å². The van der Waals surface area contributed by atoms with Crippen LogP contribution in [0, 0.1) is 0 Å². The van der Waals surface area contributed by atoms with Crippen molar-refractivity contribution in [3.8, 4) is 0 Å². The molecule has 1 aliphatic heterocycles. The fraction of sp³-hybridized carbons (Fsp3) is 0.300. The van der Waals surface area contributed by atoms with Crippen molar-refractivity contribution in [3.63, 3.8) is 0 Å². The number of hydrogen-bond donors (Lipinski definition) is 0. The van der Waals surface area contributed by atoms with Gasteiger partial charge in [-0.3, -0.25) is 0 Å². The molecule has 0 aliphatic carbocycles. The first kappa shape index (κ1) is 8.41. The van der Waals surface area contributed by atoms with Gasteiger partial charge in [0.2, 0.25) is 0 Å². The van der Waals surface area contributed by atoms with Crippen molar-refractivity contribution in [2.24, 2.45) is 0 Å². The number of carbonyl (C=O) groups is 1. The van der Waals surface area contributed by atoms with Crippen molar-refractivity contribution in [1.29, 1.82) is 0 Å². The third kappa shape index (κ3) is 1.36. The third-order valence-corrected chi connectivity index (χ3v) is 2.43. The van der Waals surface area contributed by atoms with E-state index >= 15 is 0 Å². The van der Waals surface area contributed by atoms with Crippen molar-refractivity contribution in [1.82, 2.24) is 0 Å². The molecular formula is C10H11NO2+. The molecule has 1 aliphatic rings. The van der Waals surface area contributed by atoms with Crippen molar-refractivity contribution in [2.45, 2.75) is 6.42 Å². The first-order valence-corrected chi connectivity index (χ1v) is 4.40. The standard InChI is InChI=1S/C10H11NO2/c12-10(11(13)7-4-8-11)9-5-2-1-3-6-9/h1-3,5-6H,4,7-8H2/q+1. The van der Waals surface area contributed by atoms with Crippen molar-refractivity contribution in [2.75, 3.05) is 13.1 Å². The molecule has 1 amide bonds. The highest BCUT2D eigenvalue weighted by atomic mass is 16.6. The second kappa shape index (κ2) is 2.94. The van der Waals surface area contributed by atoms with E-state index in [0.29, 0.717) is 18.7 Å². The van der Waals surface area contributed by atoms with Gasteiger partial charge in [0, 0.05) is 5.21 Å². The summed E-state index contributed by atoms with van der Waals surface area (Å²) in [6, 6.07) is 8.78. The first-order valence-electron chi connectivity index (χ1n) is 4.40. The number of likely N-dealkylation sites (tertiary alicyclic amines) is 1. The smallest absolute Gasteiger partial charge is 0.222 e. The van der Waals surface area contributed by atoms with Crippen LogP contribution in [-0.4, -0.2) is 23.6 Å². The minimum absolute atomic E-state index is 0.299. The lowest BCUT2D eigenvalue weighted by Crippen LogP contribution is -2.57. The van der Waals surface area contributed by atoms with E-state index in [-0.39, 0.29) is 5.91 Å². The van der Waals surface area contributed by atoms with Crippen LogP contribution in [0.4, 0.5) is 0 Å². The summed E-state index contributed by atoms with van der Waals surface area (Å²) in [4.78, 5) is 11.6. The van der Waals surface area contributed by atoms with Crippen molar-refractivity contribution < 1.29 is 14.6 Å². The average molecular weight is 177 g/mol. The quantitative estimate of drug-likeness (QED) is 0.597. The summed E-state index contributed by atoms with van der Waals surface area (Å²) in [5, 5.41) is 11.6. The highest BCUT2D eigenvalue weighted by Crippen LogP contribution is 2.21. The van der Waals surface area contributed by atoms with Gasteiger partial charge >= 0.3 is 5.91 Å². The Morgan fingerprint density at radius 1 is 1.15 bits per heavy atom. The molecule has 0 unspecified atom stereocenters. The van der Waals surface area contributed by atoms with E-state index in [1.54, 1.807) is 24.3 Å². The Balaban J connectivity index is 2.23. The summed E-state index contributed by atoms with van der Waals surface area (Å²) in [5.41, 5.74) is 0.525. The van der Waals surface area contributed by atoms with Gasteiger partial charge in [-0.2, -0.15) is 0 Å². The molecule has 1 heterocycles. The lowest BCUT2D eigenvalue weighted by Gasteiger charge is -2.31. The van der Waals surface area contributed by atoms with Gasteiger partial charge in [0.25, 0.3) is 0 Å². The highest BCUT2D eigenvalue weighted by Gasteiger charge is 2.45. The Hall–Kier alpha value is -1.19. The monoisotopic (exact) mass is 177 g/mol. The lowest BCUT2D eigenvalue weighted by atomic mass is 10.1. The molecule has 0 N–H and O–H groups in total. The Labute approximate surface area is 76.8 Å². The minimum Gasteiger partial charge on any atom is -0.222 e. The van der Waals surface area contributed by atoms with Crippen molar-refractivity contribution in [3.05, 3.63) is 35.9 Å². The molecule has 0 bridgehead atoms. The van der Waals surface area contributed by atoms with E-state index in [1.165, 1.54) is 0 Å². The average Bonchev–Trinajstić information content (AvgIpc) is 2.14. The highest BCUT2D eigenvalue weighted by molar-refractivity contribution is 5.88. The molecule has 67 valence electrons. The molecule has 13 heavy (non-hydrogen) atoms. The van der Waals surface area contributed by atoms with Crippen LogP contribution in [-0.2, 0) is 5.21 Å². The van der Waals surface area contributed by atoms with Gasteiger partial charge in [0.15, 0.2) is 0 Å². The molecule has 3 nitrogen and oxygen atoms in total. The Morgan fingerprint density at radius 2 is 1.77 bits per heavy atom. The third-order valence-electron chi connectivity index (χ3n) is 2.43. The molecular weight excluding hydrogens is 166 g/mol. The van der Waals surface area contributed by atoms with Gasteiger partial charge in [-0.05, 0) is 12.1 Å². The Bertz CT molecular complexity index is 317. The van der Waals surface area contributed by atoms with E-state index in [4.69, 9.17) is 0 Å². The SMILES string of the molecule is [O][N+]1(C(=O)c2ccccc2)CCC1. The predicted molar refractivity (Wildman–Crippen MR) is 46.1 cm³/mol. The summed E-state index contributed by atoms with van der Waals surface area (Å²) in [7, 11) is 0. The lowest BCUT2D eigenvalue weighted by molar-refractivity contribution is -1.09. The second-order valence-electron chi connectivity index (χ2n) is 3.36. The number of quaternary nitrogens is 1. The number of benzene rings is 1. The van der Waals surface area contributed by atoms with Gasteiger partial charge < -0.3 is 0 Å². The largest absolute Gasteiger partial charge is 0.380 e. The number of hydrogen-bond acceptors (Lipinski definition) is 1. The zero-order valence-electron chi connectivity index (χ0n) is 7.27. The summed E-state index contributed by atoms with van der Waals surface area (Å²) in [6.45, 7) is 0.876. The second-order valence-corrected chi connectivity index (χ2v) is 3.36. The number of carbonyl (C=O) groups excluding carboxylic acids is 1. The van der Waals surface area contributed by atoms with Crippen molar-refractivity contribution >= 4 is 5.91 Å². The molecule has 1 aromatic carbocycles. The topological polar surface area (TPSA) is 37.0 Å². The van der Waals surface area contributed by atoms with Crippen LogP contribution in [0.5, 0.6) is 0 Å². The number of nitrogens with zero attached hydrogens (tertiary/aromatic N) is 1. The normalized spacial score (nSPS) is 19.2. The molecule has 1 fully saturated rings. The van der Waals surface area contributed by atoms with E-state index in [1.807, 2.05) is 6.07 Å². The van der Waals surface area contributed by atoms with E-state index < -0.39 is 4.65 Å². The fourth-order valence-corrected chi connectivity index (χ4v) is 1.46. The van der Waals surface area contributed by atoms with Crippen LogP contribution in [0.3, 0.4) is 0 Å². The maximum absolute atomic E-state index is 11.6. The maximum Gasteiger partial charge on any atom is 0.380 e. The zero-order valence-corrected chi connectivity index (χ0v) is 7.27. The van der Waals surface area contributed by atoms with Crippen LogP contribution in [0.1, 0.15) is 16.8 Å².